The number of carboxylic acid groups (broad SMARTS) is 1. The van der Waals surface area contributed by atoms with Crippen LogP contribution < -0.4 is 4.90 Å². The fourth-order valence-corrected chi connectivity index (χ4v) is 2.44. The summed E-state index contributed by atoms with van der Waals surface area (Å²) < 4.78 is 0. The maximum absolute atomic E-state index is 11.9. The first-order valence-corrected chi connectivity index (χ1v) is 6.70. The van der Waals surface area contributed by atoms with Gasteiger partial charge in [0.15, 0.2) is 0 Å². The Hall–Kier alpha value is -2.69. The van der Waals surface area contributed by atoms with E-state index in [0.29, 0.717) is 5.82 Å². The van der Waals surface area contributed by atoms with Crippen molar-refractivity contribution in [1.82, 2.24) is 4.98 Å². The molecule has 3 rings (SSSR count). The second-order valence-electron chi connectivity index (χ2n) is 5.01. The van der Waals surface area contributed by atoms with E-state index in [1.54, 1.807) is 12.3 Å². The van der Waals surface area contributed by atoms with E-state index >= 15 is 0 Å². The molecule has 5 heteroatoms. The molecule has 106 valence electrons. The lowest BCUT2D eigenvalue weighted by atomic mass is 10.1. The average Bonchev–Trinajstić information content (AvgIpc) is 2.91. The van der Waals surface area contributed by atoms with Crippen molar-refractivity contribution in [2.24, 2.45) is 5.92 Å². The highest BCUT2D eigenvalue weighted by Crippen LogP contribution is 2.25. The summed E-state index contributed by atoms with van der Waals surface area (Å²) in [7, 11) is 0. The summed E-state index contributed by atoms with van der Waals surface area (Å²) >= 11 is 0. The number of carboxylic acids is 1. The lowest BCUT2D eigenvalue weighted by Gasteiger charge is -2.15. The first kappa shape index (κ1) is 13.3. The number of hydrogen-bond donors (Lipinski definition) is 1. The first-order valence-electron chi connectivity index (χ1n) is 6.70. The molecule has 1 amide bonds. The van der Waals surface area contributed by atoms with Crippen LogP contribution in [-0.2, 0) is 9.59 Å². The van der Waals surface area contributed by atoms with Crippen molar-refractivity contribution in [2.75, 3.05) is 11.4 Å². The lowest BCUT2D eigenvalue weighted by molar-refractivity contribution is -0.141. The molecule has 1 atom stereocenters. The topological polar surface area (TPSA) is 70.5 Å². The molecular weight excluding hydrogens is 268 g/mol. The Bertz CT molecular complexity index is 668. The SMILES string of the molecule is O=C(O)C1CC(=O)N(c2ccc(-c3ccccc3)cn2)C1. The van der Waals surface area contributed by atoms with Gasteiger partial charge in [-0.1, -0.05) is 30.3 Å². The highest BCUT2D eigenvalue weighted by atomic mass is 16.4. The van der Waals surface area contributed by atoms with Crippen LogP contribution in [0.1, 0.15) is 6.42 Å². The zero-order valence-electron chi connectivity index (χ0n) is 11.3. The van der Waals surface area contributed by atoms with E-state index in [1.807, 2.05) is 36.4 Å². The van der Waals surface area contributed by atoms with Gasteiger partial charge in [-0.3, -0.25) is 14.5 Å². The van der Waals surface area contributed by atoms with Crippen molar-refractivity contribution < 1.29 is 14.7 Å². The van der Waals surface area contributed by atoms with Gasteiger partial charge in [-0.15, -0.1) is 0 Å². The van der Waals surface area contributed by atoms with Crippen molar-refractivity contribution in [2.45, 2.75) is 6.42 Å². The molecule has 1 aromatic carbocycles. The molecule has 2 aromatic rings. The van der Waals surface area contributed by atoms with E-state index in [-0.39, 0.29) is 18.9 Å². The number of carbonyl (C=O) groups excluding carboxylic acids is 1. The monoisotopic (exact) mass is 282 g/mol. The van der Waals surface area contributed by atoms with Gasteiger partial charge >= 0.3 is 5.97 Å². The van der Waals surface area contributed by atoms with Crippen LogP contribution in [-0.4, -0.2) is 28.5 Å². The minimum Gasteiger partial charge on any atom is -0.481 e. The molecule has 1 fully saturated rings. The third-order valence-corrected chi connectivity index (χ3v) is 3.61. The number of nitrogens with zero attached hydrogens (tertiary/aromatic N) is 2. The number of anilines is 1. The fourth-order valence-electron chi connectivity index (χ4n) is 2.44. The van der Waals surface area contributed by atoms with Crippen molar-refractivity contribution in [3.05, 3.63) is 48.7 Å². The number of rotatable bonds is 3. The average molecular weight is 282 g/mol. The van der Waals surface area contributed by atoms with Gasteiger partial charge in [0.2, 0.25) is 5.91 Å². The number of aliphatic carboxylic acids is 1. The summed E-state index contributed by atoms with van der Waals surface area (Å²) in [5.74, 6) is -1.27. The second-order valence-corrected chi connectivity index (χ2v) is 5.01. The summed E-state index contributed by atoms with van der Waals surface area (Å²) in [5, 5.41) is 8.99. The molecular formula is C16H14N2O3. The zero-order valence-corrected chi connectivity index (χ0v) is 11.3. The van der Waals surface area contributed by atoms with Crippen LogP contribution in [0.25, 0.3) is 11.1 Å². The predicted molar refractivity (Wildman–Crippen MR) is 77.8 cm³/mol. The molecule has 0 bridgehead atoms. The fraction of sp³-hybridized carbons (Fsp3) is 0.188. The quantitative estimate of drug-likeness (QED) is 0.936. The minimum atomic E-state index is -0.938. The Kier molecular flexibility index (Phi) is 3.39. The number of aromatic nitrogens is 1. The van der Waals surface area contributed by atoms with Gasteiger partial charge in [-0.25, -0.2) is 4.98 Å². The molecule has 0 spiro atoms. The molecule has 0 saturated carbocycles. The van der Waals surface area contributed by atoms with Gasteiger partial charge in [0.05, 0.1) is 5.92 Å². The molecule has 21 heavy (non-hydrogen) atoms. The second kappa shape index (κ2) is 5.36. The minimum absolute atomic E-state index is 0.0391. The van der Waals surface area contributed by atoms with E-state index in [1.165, 1.54) is 4.90 Å². The van der Waals surface area contributed by atoms with Crippen LogP contribution in [0.2, 0.25) is 0 Å². The van der Waals surface area contributed by atoms with Gasteiger partial charge in [0.25, 0.3) is 0 Å². The van der Waals surface area contributed by atoms with Crippen molar-refractivity contribution in [3.8, 4) is 11.1 Å². The molecule has 0 aliphatic carbocycles. The van der Waals surface area contributed by atoms with Crippen molar-refractivity contribution >= 4 is 17.7 Å². The normalized spacial score (nSPS) is 18.0. The van der Waals surface area contributed by atoms with Crippen LogP contribution >= 0.6 is 0 Å². The van der Waals surface area contributed by atoms with Gasteiger partial charge in [-0.05, 0) is 17.7 Å². The molecule has 1 unspecified atom stereocenters. The standard InChI is InChI=1S/C16H14N2O3/c19-15-8-13(16(20)21)10-18(15)14-7-6-12(9-17-14)11-4-2-1-3-5-11/h1-7,9,13H,8,10H2,(H,20,21). The van der Waals surface area contributed by atoms with E-state index in [2.05, 4.69) is 4.98 Å². The molecule has 2 heterocycles. The van der Waals surface area contributed by atoms with Crippen LogP contribution in [0, 0.1) is 5.92 Å². The predicted octanol–water partition coefficient (Wildman–Crippen LogP) is 2.19. The van der Waals surface area contributed by atoms with Crippen molar-refractivity contribution in [1.29, 1.82) is 0 Å². The molecule has 1 saturated heterocycles. The maximum Gasteiger partial charge on any atom is 0.308 e. The summed E-state index contributed by atoms with van der Waals surface area (Å²) in [4.78, 5) is 28.6. The van der Waals surface area contributed by atoms with E-state index in [4.69, 9.17) is 5.11 Å². The Balaban J connectivity index is 1.82. The Morgan fingerprint density at radius 3 is 2.48 bits per heavy atom. The Morgan fingerprint density at radius 2 is 1.90 bits per heavy atom. The largest absolute Gasteiger partial charge is 0.481 e. The summed E-state index contributed by atoms with van der Waals surface area (Å²) in [6.45, 7) is 0.186. The third kappa shape index (κ3) is 2.63. The lowest BCUT2D eigenvalue weighted by Crippen LogP contribution is -2.26. The van der Waals surface area contributed by atoms with Crippen molar-refractivity contribution in [3.63, 3.8) is 0 Å². The van der Waals surface area contributed by atoms with Crippen LogP contribution in [0.3, 0.4) is 0 Å². The summed E-state index contributed by atoms with van der Waals surface area (Å²) in [6.07, 6.45) is 1.74. The summed E-state index contributed by atoms with van der Waals surface area (Å²) in [5.41, 5.74) is 2.01. The van der Waals surface area contributed by atoms with Gasteiger partial charge in [0.1, 0.15) is 5.82 Å². The Labute approximate surface area is 121 Å². The molecule has 1 aliphatic heterocycles. The van der Waals surface area contributed by atoms with Crippen LogP contribution in [0.5, 0.6) is 0 Å². The van der Waals surface area contributed by atoms with E-state index in [0.717, 1.165) is 11.1 Å². The van der Waals surface area contributed by atoms with Crippen LogP contribution in [0.15, 0.2) is 48.7 Å². The molecule has 5 nitrogen and oxygen atoms in total. The van der Waals surface area contributed by atoms with Gasteiger partial charge in [0, 0.05) is 24.7 Å². The smallest absolute Gasteiger partial charge is 0.308 e. The van der Waals surface area contributed by atoms with Gasteiger partial charge < -0.3 is 5.11 Å². The molecule has 1 N–H and O–H groups in total. The maximum atomic E-state index is 11.9. The van der Waals surface area contributed by atoms with E-state index in [9.17, 15) is 9.59 Å². The zero-order chi connectivity index (χ0) is 14.8. The van der Waals surface area contributed by atoms with Gasteiger partial charge in [-0.2, -0.15) is 0 Å². The number of benzene rings is 1. The molecule has 0 radical (unpaired) electrons. The highest BCUT2D eigenvalue weighted by Gasteiger charge is 2.35. The molecule has 1 aliphatic rings. The number of amides is 1. The third-order valence-electron chi connectivity index (χ3n) is 3.61. The number of carbonyl (C=O) groups is 2. The van der Waals surface area contributed by atoms with E-state index < -0.39 is 11.9 Å². The summed E-state index contributed by atoms with van der Waals surface area (Å²) in [6, 6.07) is 13.5. The molecule has 1 aromatic heterocycles. The first-order chi connectivity index (χ1) is 10.1. The number of pyridine rings is 1. The Morgan fingerprint density at radius 1 is 1.14 bits per heavy atom. The number of hydrogen-bond acceptors (Lipinski definition) is 3. The van der Waals surface area contributed by atoms with Crippen LogP contribution in [0.4, 0.5) is 5.82 Å². The highest BCUT2D eigenvalue weighted by molar-refractivity contribution is 5.98.